The molecule has 0 bridgehead atoms. The second kappa shape index (κ2) is 5.50. The van der Waals surface area contributed by atoms with Crippen LogP contribution in [0.25, 0.3) is 0 Å². The smallest absolute Gasteiger partial charge is 0.256 e. The van der Waals surface area contributed by atoms with E-state index >= 15 is 0 Å². The second-order valence-electron chi connectivity index (χ2n) is 4.72. The molecular formula is C14H20N2O2. The fourth-order valence-corrected chi connectivity index (χ4v) is 2.30. The molecule has 0 saturated carbocycles. The Labute approximate surface area is 108 Å². The first-order chi connectivity index (χ1) is 8.68. The van der Waals surface area contributed by atoms with E-state index in [-0.39, 0.29) is 5.91 Å². The minimum Gasteiger partial charge on any atom is -0.368 e. The lowest BCUT2D eigenvalue weighted by atomic mass is 9.91. The summed E-state index contributed by atoms with van der Waals surface area (Å²) in [4.78, 5) is 12.4. The van der Waals surface area contributed by atoms with Gasteiger partial charge in [-0.2, -0.15) is 0 Å². The molecule has 1 heterocycles. The van der Waals surface area contributed by atoms with E-state index in [1.807, 2.05) is 31.2 Å². The molecule has 0 aromatic heterocycles. The molecule has 1 aromatic carbocycles. The van der Waals surface area contributed by atoms with E-state index in [0.717, 1.165) is 24.3 Å². The summed E-state index contributed by atoms with van der Waals surface area (Å²) in [5.41, 5.74) is 1.23. The van der Waals surface area contributed by atoms with Crippen LogP contribution in [0.5, 0.6) is 0 Å². The van der Waals surface area contributed by atoms with Crippen molar-refractivity contribution in [3.05, 3.63) is 29.8 Å². The van der Waals surface area contributed by atoms with Gasteiger partial charge in [-0.25, -0.2) is 0 Å². The molecule has 4 heteroatoms. The van der Waals surface area contributed by atoms with Crippen LogP contribution in [0.4, 0.5) is 5.69 Å². The third-order valence-electron chi connectivity index (χ3n) is 3.61. The van der Waals surface area contributed by atoms with Crippen LogP contribution in [-0.2, 0) is 9.53 Å². The summed E-state index contributed by atoms with van der Waals surface area (Å²) in [6.45, 7) is 3.61. The molecule has 1 fully saturated rings. The number of hydrogen-bond acceptors (Lipinski definition) is 3. The molecule has 18 heavy (non-hydrogen) atoms. The summed E-state index contributed by atoms with van der Waals surface area (Å²) in [6.07, 6.45) is 1.42. The summed E-state index contributed by atoms with van der Waals surface area (Å²) in [6, 6.07) is 7.78. The topological polar surface area (TPSA) is 50.4 Å². The summed E-state index contributed by atoms with van der Waals surface area (Å²) in [7, 11) is 1.61. The molecule has 1 aliphatic rings. The normalized spacial score (nSPS) is 18.3. The predicted octanol–water partition coefficient (Wildman–Crippen LogP) is 1.70. The van der Waals surface area contributed by atoms with Crippen molar-refractivity contribution in [1.82, 2.24) is 5.32 Å². The van der Waals surface area contributed by atoms with E-state index in [1.165, 1.54) is 0 Å². The molecule has 0 atom stereocenters. The maximum Gasteiger partial charge on any atom is 0.256 e. The highest BCUT2D eigenvalue weighted by Gasteiger charge is 2.39. The van der Waals surface area contributed by atoms with Gasteiger partial charge in [0.15, 0.2) is 0 Å². The van der Waals surface area contributed by atoms with Gasteiger partial charge >= 0.3 is 0 Å². The quantitative estimate of drug-likeness (QED) is 0.856. The Morgan fingerprint density at radius 1 is 1.33 bits per heavy atom. The Bertz CT molecular complexity index is 426. The van der Waals surface area contributed by atoms with Crippen LogP contribution in [0.1, 0.15) is 18.4 Å². The van der Waals surface area contributed by atoms with Gasteiger partial charge in [0.25, 0.3) is 5.91 Å². The number of methoxy groups -OCH3 is 1. The molecule has 1 amide bonds. The van der Waals surface area contributed by atoms with Gasteiger partial charge in [0.05, 0.1) is 0 Å². The molecule has 2 N–H and O–H groups in total. The van der Waals surface area contributed by atoms with E-state index in [9.17, 15) is 4.79 Å². The molecule has 4 nitrogen and oxygen atoms in total. The predicted molar refractivity (Wildman–Crippen MR) is 71.7 cm³/mol. The molecule has 1 saturated heterocycles. The van der Waals surface area contributed by atoms with Gasteiger partial charge < -0.3 is 15.4 Å². The molecule has 0 spiro atoms. The van der Waals surface area contributed by atoms with E-state index in [1.54, 1.807) is 7.11 Å². The molecule has 0 aliphatic carbocycles. The van der Waals surface area contributed by atoms with E-state index < -0.39 is 5.60 Å². The van der Waals surface area contributed by atoms with Crippen molar-refractivity contribution in [2.75, 3.05) is 25.5 Å². The monoisotopic (exact) mass is 248 g/mol. The highest BCUT2D eigenvalue weighted by atomic mass is 16.5. The van der Waals surface area contributed by atoms with Crippen molar-refractivity contribution >= 4 is 11.6 Å². The minimum atomic E-state index is -0.687. The maximum absolute atomic E-state index is 12.4. The number of carbonyl (C=O) groups is 1. The van der Waals surface area contributed by atoms with Gasteiger partial charge in [0.2, 0.25) is 0 Å². The number of hydrogen-bond donors (Lipinski definition) is 2. The van der Waals surface area contributed by atoms with Crippen LogP contribution in [-0.4, -0.2) is 31.7 Å². The number of anilines is 1. The number of aryl methyl sites for hydroxylation is 1. The lowest BCUT2D eigenvalue weighted by molar-refractivity contribution is -0.140. The summed E-state index contributed by atoms with van der Waals surface area (Å²) < 4.78 is 5.50. The molecule has 1 aliphatic heterocycles. The van der Waals surface area contributed by atoms with Gasteiger partial charge in [-0.05, 0) is 44.5 Å². The van der Waals surface area contributed by atoms with Crippen molar-refractivity contribution in [2.45, 2.75) is 25.4 Å². The summed E-state index contributed by atoms with van der Waals surface area (Å²) in [5.74, 6) is -0.0409. The third kappa shape index (κ3) is 2.54. The van der Waals surface area contributed by atoms with Gasteiger partial charge in [-0.15, -0.1) is 0 Å². The van der Waals surface area contributed by atoms with Crippen LogP contribution < -0.4 is 10.6 Å². The van der Waals surface area contributed by atoms with Gasteiger partial charge in [-0.1, -0.05) is 18.2 Å². The fourth-order valence-electron chi connectivity index (χ4n) is 2.30. The highest BCUT2D eigenvalue weighted by molar-refractivity contribution is 5.98. The zero-order valence-electron chi connectivity index (χ0n) is 11.0. The first-order valence-corrected chi connectivity index (χ1v) is 6.31. The van der Waals surface area contributed by atoms with Gasteiger partial charge in [0.1, 0.15) is 5.60 Å². The van der Waals surface area contributed by atoms with Crippen LogP contribution in [0.2, 0.25) is 0 Å². The van der Waals surface area contributed by atoms with Crippen molar-refractivity contribution in [2.24, 2.45) is 0 Å². The first kappa shape index (κ1) is 13.1. The minimum absolute atomic E-state index is 0.0409. The van der Waals surface area contributed by atoms with E-state index in [2.05, 4.69) is 10.6 Å². The number of nitrogens with one attached hydrogen (secondary N) is 2. The highest BCUT2D eigenvalue weighted by Crippen LogP contribution is 2.25. The lowest BCUT2D eigenvalue weighted by Gasteiger charge is -2.34. The fraction of sp³-hybridized carbons (Fsp3) is 0.500. The molecular weight excluding hydrogens is 228 g/mol. The number of rotatable bonds is 3. The van der Waals surface area contributed by atoms with Gasteiger partial charge in [-0.3, -0.25) is 4.79 Å². The maximum atomic E-state index is 12.4. The van der Waals surface area contributed by atoms with Gasteiger partial charge in [0, 0.05) is 12.8 Å². The standard InChI is InChI=1S/C14H20N2O2/c1-11-5-3-4-6-12(11)16-13(17)14(18-2)7-9-15-10-8-14/h3-6,15H,7-10H2,1-2H3,(H,16,17). The number of para-hydroxylation sites is 1. The summed E-state index contributed by atoms with van der Waals surface area (Å²) >= 11 is 0. The number of benzene rings is 1. The Hall–Kier alpha value is -1.39. The number of piperidine rings is 1. The average molecular weight is 248 g/mol. The van der Waals surface area contributed by atoms with Crippen molar-refractivity contribution in [1.29, 1.82) is 0 Å². The number of ether oxygens (including phenoxy) is 1. The Balaban J connectivity index is 2.13. The molecule has 0 radical (unpaired) electrons. The van der Waals surface area contributed by atoms with Crippen molar-refractivity contribution < 1.29 is 9.53 Å². The van der Waals surface area contributed by atoms with Crippen LogP contribution >= 0.6 is 0 Å². The van der Waals surface area contributed by atoms with Crippen LogP contribution in [0.3, 0.4) is 0 Å². The molecule has 1 aromatic rings. The lowest BCUT2D eigenvalue weighted by Crippen LogP contribution is -2.51. The largest absolute Gasteiger partial charge is 0.368 e. The first-order valence-electron chi connectivity index (χ1n) is 6.31. The zero-order valence-corrected chi connectivity index (χ0v) is 11.0. The van der Waals surface area contributed by atoms with Crippen molar-refractivity contribution in [3.8, 4) is 0 Å². The number of amides is 1. The Morgan fingerprint density at radius 2 is 2.00 bits per heavy atom. The van der Waals surface area contributed by atoms with E-state index in [0.29, 0.717) is 12.8 Å². The molecule has 2 rings (SSSR count). The molecule has 0 unspecified atom stereocenters. The Morgan fingerprint density at radius 3 is 2.61 bits per heavy atom. The SMILES string of the molecule is COC1(C(=O)Nc2ccccc2C)CCNCC1. The van der Waals surface area contributed by atoms with Crippen LogP contribution in [0.15, 0.2) is 24.3 Å². The average Bonchev–Trinajstić information content (AvgIpc) is 2.42. The van der Waals surface area contributed by atoms with Crippen LogP contribution in [0, 0.1) is 6.92 Å². The second-order valence-corrected chi connectivity index (χ2v) is 4.72. The summed E-state index contributed by atoms with van der Waals surface area (Å²) in [5, 5.41) is 6.22. The third-order valence-corrected chi connectivity index (χ3v) is 3.61. The molecule has 98 valence electrons. The van der Waals surface area contributed by atoms with Crippen molar-refractivity contribution in [3.63, 3.8) is 0 Å². The zero-order chi connectivity index (χ0) is 13.0. The number of carbonyl (C=O) groups excluding carboxylic acids is 1. The Kier molecular flexibility index (Phi) is 3.99. The van der Waals surface area contributed by atoms with E-state index in [4.69, 9.17) is 4.74 Å².